The lowest BCUT2D eigenvalue weighted by atomic mass is 10.1. The van der Waals surface area contributed by atoms with E-state index in [2.05, 4.69) is 5.32 Å². The summed E-state index contributed by atoms with van der Waals surface area (Å²) in [6.45, 7) is 8.96. The molecule has 192 valence electrons. The van der Waals surface area contributed by atoms with E-state index in [9.17, 15) is 18.0 Å². The van der Waals surface area contributed by atoms with Gasteiger partial charge in [-0.2, -0.15) is 0 Å². The number of hydrogen-bond acceptors (Lipinski definition) is 4. The first-order chi connectivity index (χ1) is 16.4. The zero-order valence-corrected chi connectivity index (χ0v) is 22.9. The highest BCUT2D eigenvalue weighted by molar-refractivity contribution is 7.92. The number of benzene rings is 2. The topological polar surface area (TPSA) is 86.8 Å². The fourth-order valence-electron chi connectivity index (χ4n) is 3.95. The number of anilines is 1. The largest absolute Gasteiger partial charge is 0.352 e. The molecule has 9 heteroatoms. The number of rotatable bonds is 11. The van der Waals surface area contributed by atoms with Crippen molar-refractivity contribution >= 4 is 39.1 Å². The summed E-state index contributed by atoms with van der Waals surface area (Å²) in [7, 11) is -3.79. The number of para-hydroxylation sites is 1. The smallest absolute Gasteiger partial charge is 0.244 e. The molecule has 35 heavy (non-hydrogen) atoms. The Hall–Kier alpha value is -2.58. The van der Waals surface area contributed by atoms with Gasteiger partial charge in [0.15, 0.2) is 0 Å². The quantitative estimate of drug-likeness (QED) is 0.473. The summed E-state index contributed by atoms with van der Waals surface area (Å²) in [6.07, 6.45) is 2.19. The summed E-state index contributed by atoms with van der Waals surface area (Å²) in [5, 5.41) is 3.42. The highest BCUT2D eigenvalue weighted by Gasteiger charge is 2.33. The molecule has 2 atom stereocenters. The number of halogens is 1. The second-order valence-electron chi connectivity index (χ2n) is 8.87. The summed E-state index contributed by atoms with van der Waals surface area (Å²) in [6, 6.07) is 11.7. The minimum atomic E-state index is -3.79. The first kappa shape index (κ1) is 28.7. The van der Waals surface area contributed by atoms with Crippen molar-refractivity contribution in [1.29, 1.82) is 0 Å². The van der Waals surface area contributed by atoms with E-state index in [1.165, 1.54) is 4.90 Å². The lowest BCUT2D eigenvalue weighted by Gasteiger charge is -2.34. The average molecular weight is 522 g/mol. The van der Waals surface area contributed by atoms with Crippen LogP contribution in [0.3, 0.4) is 0 Å². The molecule has 2 aromatic rings. The molecule has 0 aromatic heterocycles. The molecule has 0 bridgehead atoms. The first-order valence-electron chi connectivity index (χ1n) is 11.8. The van der Waals surface area contributed by atoms with Gasteiger partial charge in [-0.15, -0.1) is 0 Å². The first-order valence-corrected chi connectivity index (χ1v) is 14.0. The number of carbonyl (C=O) groups is 2. The molecule has 7 nitrogen and oxygen atoms in total. The van der Waals surface area contributed by atoms with Crippen molar-refractivity contribution in [3.8, 4) is 0 Å². The van der Waals surface area contributed by atoms with Crippen LogP contribution < -0.4 is 9.62 Å². The molecule has 1 N–H and O–H groups in total. The molecule has 2 rings (SSSR count). The highest BCUT2D eigenvalue weighted by atomic mass is 35.5. The molecule has 2 aromatic carbocycles. The van der Waals surface area contributed by atoms with E-state index in [1.807, 2.05) is 32.9 Å². The lowest BCUT2D eigenvalue weighted by molar-refractivity contribution is -0.140. The Morgan fingerprint density at radius 3 is 2.11 bits per heavy atom. The van der Waals surface area contributed by atoms with Crippen molar-refractivity contribution in [2.24, 2.45) is 0 Å². The number of amides is 2. The number of carbonyl (C=O) groups excluding carboxylic acids is 2. The predicted molar refractivity (Wildman–Crippen MR) is 142 cm³/mol. The second-order valence-corrected chi connectivity index (χ2v) is 11.2. The third kappa shape index (κ3) is 7.45. The van der Waals surface area contributed by atoms with Crippen molar-refractivity contribution < 1.29 is 18.0 Å². The van der Waals surface area contributed by atoms with Crippen LogP contribution in [0.15, 0.2) is 42.5 Å². The summed E-state index contributed by atoms with van der Waals surface area (Å²) >= 11 is 6.38. The number of sulfonamides is 1. The van der Waals surface area contributed by atoms with Crippen molar-refractivity contribution in [3.05, 3.63) is 64.2 Å². The second kappa shape index (κ2) is 12.4. The van der Waals surface area contributed by atoms with Crippen molar-refractivity contribution in [1.82, 2.24) is 10.2 Å². The minimum absolute atomic E-state index is 0.0593. The van der Waals surface area contributed by atoms with Crippen LogP contribution in [0.4, 0.5) is 5.69 Å². The molecular formula is C26H36ClN3O4S. The molecule has 0 saturated heterocycles. The molecule has 0 aliphatic carbocycles. The van der Waals surface area contributed by atoms with Gasteiger partial charge >= 0.3 is 0 Å². The zero-order valence-electron chi connectivity index (χ0n) is 21.3. The van der Waals surface area contributed by atoms with Gasteiger partial charge in [-0.05, 0) is 56.4 Å². The monoisotopic (exact) mass is 521 g/mol. The van der Waals surface area contributed by atoms with Crippen LogP contribution in [0, 0.1) is 13.8 Å². The Bertz CT molecular complexity index is 1130. The van der Waals surface area contributed by atoms with E-state index in [0.29, 0.717) is 22.7 Å². The molecule has 0 fully saturated rings. The van der Waals surface area contributed by atoms with E-state index in [-0.39, 0.29) is 18.5 Å². The maximum absolute atomic E-state index is 13.8. The van der Waals surface area contributed by atoms with Crippen LogP contribution in [0.1, 0.15) is 50.3 Å². The Kier molecular flexibility index (Phi) is 10.2. The SMILES string of the molecule is CC[C@H](C(=O)N[C@@H](C)CC)N(Cc1ccccc1Cl)C(=O)CN(c1c(C)cccc1C)S(C)(=O)=O. The van der Waals surface area contributed by atoms with Gasteiger partial charge in [0.05, 0.1) is 11.9 Å². The summed E-state index contributed by atoms with van der Waals surface area (Å²) < 4.78 is 26.8. The fourth-order valence-corrected chi connectivity index (χ4v) is 5.11. The van der Waals surface area contributed by atoms with Gasteiger partial charge in [0.1, 0.15) is 12.6 Å². The molecule has 0 aliphatic heterocycles. The van der Waals surface area contributed by atoms with Crippen LogP contribution in [-0.4, -0.2) is 50.0 Å². The van der Waals surface area contributed by atoms with Crippen LogP contribution in [0.25, 0.3) is 0 Å². The van der Waals surface area contributed by atoms with Crippen molar-refractivity contribution in [2.45, 2.75) is 66.1 Å². The molecule has 0 heterocycles. The maximum Gasteiger partial charge on any atom is 0.244 e. The van der Waals surface area contributed by atoms with Crippen LogP contribution in [0.2, 0.25) is 5.02 Å². The zero-order chi connectivity index (χ0) is 26.3. The van der Waals surface area contributed by atoms with Crippen molar-refractivity contribution in [3.63, 3.8) is 0 Å². The molecule has 0 spiro atoms. The van der Waals surface area contributed by atoms with E-state index in [0.717, 1.165) is 28.1 Å². The van der Waals surface area contributed by atoms with E-state index < -0.39 is 28.5 Å². The van der Waals surface area contributed by atoms with E-state index >= 15 is 0 Å². The van der Waals surface area contributed by atoms with Gasteiger partial charge < -0.3 is 10.2 Å². The normalized spacial score (nSPS) is 13.1. The Morgan fingerprint density at radius 2 is 1.60 bits per heavy atom. The van der Waals surface area contributed by atoms with Gasteiger partial charge in [-0.1, -0.05) is 61.8 Å². The Morgan fingerprint density at radius 1 is 1.00 bits per heavy atom. The maximum atomic E-state index is 13.8. The molecule has 0 unspecified atom stereocenters. The van der Waals surface area contributed by atoms with Crippen LogP contribution >= 0.6 is 11.6 Å². The number of nitrogens with one attached hydrogen (secondary N) is 1. The Labute approximate surface area is 214 Å². The van der Waals surface area contributed by atoms with E-state index in [4.69, 9.17) is 11.6 Å². The van der Waals surface area contributed by atoms with Gasteiger partial charge in [0, 0.05) is 17.6 Å². The minimum Gasteiger partial charge on any atom is -0.352 e. The lowest BCUT2D eigenvalue weighted by Crippen LogP contribution is -2.53. The summed E-state index contributed by atoms with van der Waals surface area (Å²) in [5.74, 6) is -0.760. The molecular weight excluding hydrogens is 486 g/mol. The molecule has 2 amide bonds. The third-order valence-electron chi connectivity index (χ3n) is 6.05. The molecule has 0 aliphatic rings. The number of hydrogen-bond donors (Lipinski definition) is 1. The fraction of sp³-hybridized carbons (Fsp3) is 0.462. The Balaban J connectivity index is 2.51. The third-order valence-corrected chi connectivity index (χ3v) is 7.53. The van der Waals surface area contributed by atoms with Crippen molar-refractivity contribution in [2.75, 3.05) is 17.1 Å². The highest BCUT2D eigenvalue weighted by Crippen LogP contribution is 2.27. The standard InChI is InChI=1S/C26H36ClN3O4S/c1-7-20(5)28-26(32)23(8-2)29(16-21-14-9-10-15-22(21)27)24(31)17-30(35(6,33)34)25-18(3)12-11-13-19(25)4/h9-15,20,23H,7-8,16-17H2,1-6H3,(H,28,32)/t20-,23+/m0/s1. The van der Waals surface area contributed by atoms with Gasteiger partial charge in [-0.3, -0.25) is 13.9 Å². The predicted octanol–water partition coefficient (Wildman–Crippen LogP) is 4.44. The van der Waals surface area contributed by atoms with Crippen LogP contribution in [-0.2, 0) is 26.2 Å². The molecule has 0 saturated carbocycles. The van der Waals surface area contributed by atoms with Gasteiger partial charge in [0.25, 0.3) is 0 Å². The number of nitrogens with zero attached hydrogens (tertiary/aromatic N) is 2. The average Bonchev–Trinajstić information content (AvgIpc) is 2.78. The van der Waals surface area contributed by atoms with Crippen LogP contribution in [0.5, 0.6) is 0 Å². The summed E-state index contributed by atoms with van der Waals surface area (Å²) in [4.78, 5) is 28.4. The number of aryl methyl sites for hydroxylation is 2. The van der Waals surface area contributed by atoms with Gasteiger partial charge in [0.2, 0.25) is 21.8 Å². The van der Waals surface area contributed by atoms with E-state index in [1.54, 1.807) is 44.2 Å². The summed E-state index contributed by atoms with van der Waals surface area (Å²) in [5.41, 5.74) is 2.62. The van der Waals surface area contributed by atoms with Gasteiger partial charge in [-0.25, -0.2) is 8.42 Å². The molecule has 0 radical (unpaired) electrons.